The topological polar surface area (TPSA) is 78.9 Å². The SMILES string of the molecule is CC/C=C\C/C=C\C/C=C\C/C=C\C/C=C\C/C=C\CCC(=O)OC(COC(=O)CCCCCCCCCC)COC(=O)CCCCCCCCCCCCCCCCCCCCCCCCCCCCCCCCCCC. The molecule has 452 valence electrons. The Morgan fingerprint density at radius 2 is 0.500 bits per heavy atom. The van der Waals surface area contributed by atoms with Crippen molar-refractivity contribution in [2.24, 2.45) is 0 Å². The van der Waals surface area contributed by atoms with Crippen LogP contribution >= 0.6 is 0 Å². The molecule has 0 spiro atoms. The van der Waals surface area contributed by atoms with E-state index in [1.807, 2.05) is 6.08 Å². The predicted molar refractivity (Wildman–Crippen MR) is 339 cm³/mol. The lowest BCUT2D eigenvalue weighted by Crippen LogP contribution is -2.30. The molecule has 78 heavy (non-hydrogen) atoms. The summed E-state index contributed by atoms with van der Waals surface area (Å²) < 4.78 is 16.8. The Balaban J connectivity index is 4.07. The first-order valence-electron chi connectivity index (χ1n) is 33.9. The van der Waals surface area contributed by atoms with Crippen LogP contribution in [0, 0.1) is 0 Å². The number of rotatable bonds is 62. The summed E-state index contributed by atoms with van der Waals surface area (Å²) in [5.74, 6) is -0.978. The molecule has 0 saturated carbocycles. The summed E-state index contributed by atoms with van der Waals surface area (Å²) in [5, 5.41) is 0. The summed E-state index contributed by atoms with van der Waals surface area (Å²) in [7, 11) is 0. The van der Waals surface area contributed by atoms with Crippen molar-refractivity contribution in [1.82, 2.24) is 0 Å². The quantitative estimate of drug-likeness (QED) is 0.0261. The molecule has 0 amide bonds. The fourth-order valence-corrected chi connectivity index (χ4v) is 9.94. The van der Waals surface area contributed by atoms with E-state index in [-0.39, 0.29) is 37.5 Å². The standard InChI is InChI=1S/C72H128O6/c1-4-7-10-13-16-19-21-23-25-27-29-30-31-32-33-34-35-36-37-38-39-40-41-42-44-45-47-49-51-53-56-59-62-65-71(74)77-68-69(67-76-70(73)64-61-58-55-18-15-12-9-6-3)78-72(75)66-63-60-57-54-52-50-48-46-43-28-26-24-22-20-17-14-11-8-5-2/h8,11,17,20,24,26,43,46,50,52,57,60,69H,4-7,9-10,12-16,18-19,21-23,25,27-42,44-45,47-49,51,53-56,58-59,61-68H2,1-3H3/b11-8-,20-17-,26-24-,46-43-,52-50-,60-57-. The highest BCUT2D eigenvalue weighted by Crippen LogP contribution is 2.18. The summed E-state index contributed by atoms with van der Waals surface area (Å²) in [6, 6.07) is 0. The molecule has 0 aliphatic rings. The molecule has 6 heteroatoms. The summed E-state index contributed by atoms with van der Waals surface area (Å²) in [6.07, 6.45) is 87.0. The second-order valence-corrected chi connectivity index (χ2v) is 22.7. The molecule has 6 nitrogen and oxygen atoms in total. The lowest BCUT2D eigenvalue weighted by Gasteiger charge is -2.18. The first-order valence-corrected chi connectivity index (χ1v) is 33.9. The molecule has 0 N–H and O–H groups in total. The van der Waals surface area contributed by atoms with Crippen LogP contribution in [0.25, 0.3) is 0 Å². The van der Waals surface area contributed by atoms with Crippen molar-refractivity contribution in [2.75, 3.05) is 13.2 Å². The molecular weight excluding hydrogens is 961 g/mol. The van der Waals surface area contributed by atoms with E-state index in [1.54, 1.807) is 0 Å². The van der Waals surface area contributed by atoms with Gasteiger partial charge in [0.25, 0.3) is 0 Å². The first kappa shape index (κ1) is 74.8. The van der Waals surface area contributed by atoms with Crippen LogP contribution in [-0.4, -0.2) is 37.2 Å². The Hall–Kier alpha value is -3.15. The third-order valence-corrected chi connectivity index (χ3v) is 15.0. The van der Waals surface area contributed by atoms with Gasteiger partial charge in [0.1, 0.15) is 13.2 Å². The van der Waals surface area contributed by atoms with Crippen molar-refractivity contribution in [3.8, 4) is 0 Å². The minimum absolute atomic E-state index is 0.102. The maximum Gasteiger partial charge on any atom is 0.306 e. The molecule has 0 rings (SSSR count). The number of carbonyl (C=O) groups is 3. The number of esters is 3. The van der Waals surface area contributed by atoms with E-state index in [1.165, 1.54) is 225 Å². The average molecular weight is 1090 g/mol. The minimum atomic E-state index is -0.813. The highest BCUT2D eigenvalue weighted by atomic mass is 16.6. The Bertz CT molecular complexity index is 1440. The Kier molecular flexibility index (Phi) is 63.7. The van der Waals surface area contributed by atoms with E-state index in [4.69, 9.17) is 14.2 Å². The lowest BCUT2D eigenvalue weighted by atomic mass is 10.0. The van der Waals surface area contributed by atoms with E-state index in [2.05, 4.69) is 87.6 Å². The highest BCUT2D eigenvalue weighted by molar-refractivity contribution is 5.71. The van der Waals surface area contributed by atoms with Crippen molar-refractivity contribution in [1.29, 1.82) is 0 Å². The zero-order valence-electron chi connectivity index (χ0n) is 51.9. The van der Waals surface area contributed by atoms with Gasteiger partial charge in [0.2, 0.25) is 0 Å². The summed E-state index contributed by atoms with van der Waals surface area (Å²) in [4.78, 5) is 38.1. The maximum absolute atomic E-state index is 12.8. The van der Waals surface area contributed by atoms with Crippen LogP contribution in [-0.2, 0) is 28.6 Å². The van der Waals surface area contributed by atoms with Gasteiger partial charge in [-0.25, -0.2) is 0 Å². The lowest BCUT2D eigenvalue weighted by molar-refractivity contribution is -0.166. The summed E-state index contributed by atoms with van der Waals surface area (Å²) in [5.41, 5.74) is 0. The molecule has 1 atom stereocenters. The van der Waals surface area contributed by atoms with Gasteiger partial charge in [0, 0.05) is 19.3 Å². The third kappa shape index (κ3) is 63.7. The van der Waals surface area contributed by atoms with Crippen LogP contribution in [0.5, 0.6) is 0 Å². The van der Waals surface area contributed by atoms with Gasteiger partial charge in [0.15, 0.2) is 6.10 Å². The van der Waals surface area contributed by atoms with E-state index in [0.29, 0.717) is 19.3 Å². The maximum atomic E-state index is 12.8. The van der Waals surface area contributed by atoms with Gasteiger partial charge in [-0.2, -0.15) is 0 Å². The van der Waals surface area contributed by atoms with Crippen molar-refractivity contribution in [3.05, 3.63) is 72.9 Å². The van der Waals surface area contributed by atoms with Crippen LogP contribution in [0.1, 0.15) is 348 Å². The number of ether oxygens (including phenoxy) is 3. The molecule has 1 unspecified atom stereocenters. The first-order chi connectivity index (χ1) is 38.5. The number of unbranched alkanes of at least 4 members (excludes halogenated alkanes) is 39. The zero-order chi connectivity index (χ0) is 56.4. The average Bonchev–Trinajstić information content (AvgIpc) is 3.44. The molecule has 0 bridgehead atoms. The fourth-order valence-electron chi connectivity index (χ4n) is 9.94. The Morgan fingerprint density at radius 3 is 0.756 bits per heavy atom. The summed E-state index contributed by atoms with van der Waals surface area (Å²) >= 11 is 0. The minimum Gasteiger partial charge on any atom is -0.462 e. The molecule has 0 aromatic rings. The van der Waals surface area contributed by atoms with Gasteiger partial charge in [-0.1, -0.05) is 344 Å². The molecule has 0 aromatic heterocycles. The number of allylic oxidation sites excluding steroid dienone is 12. The van der Waals surface area contributed by atoms with Gasteiger partial charge >= 0.3 is 17.9 Å². The van der Waals surface area contributed by atoms with Gasteiger partial charge in [-0.3, -0.25) is 14.4 Å². The molecule has 0 aliphatic carbocycles. The number of carbonyl (C=O) groups excluding carboxylic acids is 3. The third-order valence-electron chi connectivity index (χ3n) is 15.0. The van der Waals surface area contributed by atoms with E-state index >= 15 is 0 Å². The number of hydrogen-bond donors (Lipinski definition) is 0. The molecule has 0 saturated heterocycles. The molecule has 0 heterocycles. The van der Waals surface area contributed by atoms with Crippen molar-refractivity contribution in [3.63, 3.8) is 0 Å². The predicted octanol–water partition coefficient (Wildman–Crippen LogP) is 23.3. The largest absolute Gasteiger partial charge is 0.462 e. The highest BCUT2D eigenvalue weighted by Gasteiger charge is 2.19. The number of hydrogen-bond acceptors (Lipinski definition) is 6. The van der Waals surface area contributed by atoms with Crippen LogP contribution in [0.15, 0.2) is 72.9 Å². The van der Waals surface area contributed by atoms with E-state index < -0.39 is 6.10 Å². The molecule has 0 radical (unpaired) electrons. The van der Waals surface area contributed by atoms with Gasteiger partial charge in [-0.15, -0.1) is 0 Å². The molecule has 0 aliphatic heterocycles. The second kappa shape index (κ2) is 66.4. The van der Waals surface area contributed by atoms with Crippen LogP contribution in [0.2, 0.25) is 0 Å². The normalized spacial score (nSPS) is 12.5. The smallest absolute Gasteiger partial charge is 0.306 e. The Labute approximate surface area is 484 Å². The van der Waals surface area contributed by atoms with Crippen molar-refractivity contribution in [2.45, 2.75) is 354 Å². The Morgan fingerprint density at radius 1 is 0.269 bits per heavy atom. The van der Waals surface area contributed by atoms with Crippen LogP contribution < -0.4 is 0 Å². The van der Waals surface area contributed by atoms with E-state index in [0.717, 1.165) is 77.0 Å². The summed E-state index contributed by atoms with van der Waals surface area (Å²) in [6.45, 7) is 6.47. The fraction of sp³-hybridized carbons (Fsp3) is 0.792. The molecule has 0 aromatic carbocycles. The monoisotopic (exact) mass is 1090 g/mol. The molecular formula is C72H128O6. The van der Waals surface area contributed by atoms with Crippen molar-refractivity contribution < 1.29 is 28.6 Å². The van der Waals surface area contributed by atoms with Gasteiger partial charge in [0.05, 0.1) is 0 Å². The van der Waals surface area contributed by atoms with Gasteiger partial charge in [-0.05, 0) is 57.8 Å². The molecule has 0 fully saturated rings. The van der Waals surface area contributed by atoms with Crippen molar-refractivity contribution >= 4 is 17.9 Å². The van der Waals surface area contributed by atoms with Gasteiger partial charge < -0.3 is 14.2 Å². The van der Waals surface area contributed by atoms with Crippen LogP contribution in [0.4, 0.5) is 0 Å². The second-order valence-electron chi connectivity index (χ2n) is 22.7. The van der Waals surface area contributed by atoms with E-state index in [9.17, 15) is 14.4 Å². The zero-order valence-corrected chi connectivity index (χ0v) is 51.9. The van der Waals surface area contributed by atoms with Crippen LogP contribution in [0.3, 0.4) is 0 Å².